The number of rotatable bonds is 4. The van der Waals surface area contributed by atoms with Crippen molar-refractivity contribution in [3.8, 4) is 28.2 Å². The highest BCUT2D eigenvalue weighted by Crippen LogP contribution is 2.44. The van der Waals surface area contributed by atoms with Gasteiger partial charge in [-0.15, -0.1) is 11.3 Å². The first kappa shape index (κ1) is 29.7. The first-order chi connectivity index (χ1) is 26.8. The lowest BCUT2D eigenvalue weighted by molar-refractivity contribution is 1.07. The van der Waals surface area contributed by atoms with Gasteiger partial charge in [-0.1, -0.05) is 109 Å². The Kier molecular flexibility index (Phi) is 6.21. The van der Waals surface area contributed by atoms with Gasteiger partial charge in [0.05, 0.1) is 22.1 Å². The van der Waals surface area contributed by atoms with E-state index in [1.807, 2.05) is 11.3 Å². The minimum Gasteiger partial charge on any atom is -0.309 e. The van der Waals surface area contributed by atoms with Crippen molar-refractivity contribution in [2.75, 3.05) is 0 Å². The van der Waals surface area contributed by atoms with Gasteiger partial charge in [0, 0.05) is 64.2 Å². The van der Waals surface area contributed by atoms with Crippen molar-refractivity contribution in [2.45, 2.75) is 0 Å². The first-order valence-corrected chi connectivity index (χ1v) is 19.3. The number of hydrogen-bond acceptors (Lipinski definition) is 1. The molecule has 0 spiro atoms. The molecule has 4 heteroatoms. The molecule has 4 heterocycles. The van der Waals surface area contributed by atoms with Gasteiger partial charge < -0.3 is 4.57 Å². The van der Waals surface area contributed by atoms with Crippen LogP contribution in [0.3, 0.4) is 0 Å². The molecule has 0 N–H and O–H groups in total. The monoisotopic (exact) mass is 705 g/mol. The van der Waals surface area contributed by atoms with Crippen LogP contribution >= 0.6 is 11.3 Å². The Morgan fingerprint density at radius 2 is 0.833 bits per heavy atom. The number of nitrogens with zero attached hydrogens (tertiary/aromatic N) is 3. The van der Waals surface area contributed by atoms with Crippen LogP contribution < -0.4 is 0 Å². The highest BCUT2D eigenvalue weighted by Gasteiger charge is 2.23. The van der Waals surface area contributed by atoms with Crippen LogP contribution in [-0.2, 0) is 0 Å². The maximum absolute atomic E-state index is 2.48. The van der Waals surface area contributed by atoms with Crippen molar-refractivity contribution in [1.29, 1.82) is 0 Å². The quantitative estimate of drug-likeness (QED) is 0.173. The predicted molar refractivity (Wildman–Crippen MR) is 230 cm³/mol. The molecule has 0 aliphatic carbocycles. The average molecular weight is 706 g/mol. The van der Waals surface area contributed by atoms with Crippen LogP contribution in [-0.4, -0.2) is 13.7 Å². The first-order valence-electron chi connectivity index (χ1n) is 18.4. The smallest absolute Gasteiger partial charge is 0.131 e. The van der Waals surface area contributed by atoms with E-state index < -0.39 is 0 Å². The lowest BCUT2D eigenvalue weighted by Gasteiger charge is -2.14. The van der Waals surface area contributed by atoms with Gasteiger partial charge in [0.1, 0.15) is 5.65 Å². The fourth-order valence-electron chi connectivity index (χ4n) is 8.89. The minimum absolute atomic E-state index is 1.13. The van der Waals surface area contributed by atoms with Gasteiger partial charge in [-0.05, 0) is 90.0 Å². The highest BCUT2D eigenvalue weighted by atomic mass is 32.1. The Hall–Kier alpha value is -6.88. The third kappa shape index (κ3) is 4.17. The number of benzene rings is 8. The molecule has 54 heavy (non-hydrogen) atoms. The maximum atomic E-state index is 2.48. The van der Waals surface area contributed by atoms with Crippen molar-refractivity contribution in [2.24, 2.45) is 0 Å². The molecular weight excluding hydrogens is 675 g/mol. The lowest BCUT2D eigenvalue weighted by Crippen LogP contribution is -2.02. The summed E-state index contributed by atoms with van der Waals surface area (Å²) in [6, 6.07) is 68.9. The molecule has 12 rings (SSSR count). The van der Waals surface area contributed by atoms with Crippen LogP contribution in [0.25, 0.3) is 103 Å². The Labute approximate surface area is 314 Å². The van der Waals surface area contributed by atoms with E-state index in [4.69, 9.17) is 0 Å². The van der Waals surface area contributed by atoms with Crippen LogP contribution in [0.15, 0.2) is 188 Å². The van der Waals surface area contributed by atoms with E-state index >= 15 is 0 Å². The largest absolute Gasteiger partial charge is 0.309 e. The molecule has 0 aliphatic rings. The molecule has 0 bridgehead atoms. The fourth-order valence-corrected chi connectivity index (χ4v) is 9.97. The molecule has 0 amide bonds. The van der Waals surface area contributed by atoms with Crippen LogP contribution in [0, 0.1) is 0 Å². The molecule has 0 fully saturated rings. The summed E-state index contributed by atoms with van der Waals surface area (Å²) in [6.07, 6.45) is 0. The number of hydrogen-bond donors (Lipinski definition) is 0. The maximum Gasteiger partial charge on any atom is 0.131 e. The zero-order valence-electron chi connectivity index (χ0n) is 29.1. The molecule has 0 saturated heterocycles. The van der Waals surface area contributed by atoms with E-state index in [1.165, 1.54) is 80.3 Å². The summed E-state index contributed by atoms with van der Waals surface area (Å²) in [6.45, 7) is 0. The van der Waals surface area contributed by atoms with Crippen LogP contribution in [0.5, 0.6) is 0 Å². The van der Waals surface area contributed by atoms with Gasteiger partial charge in [-0.3, -0.25) is 9.13 Å². The summed E-state index contributed by atoms with van der Waals surface area (Å²) in [5.41, 5.74) is 11.8. The minimum atomic E-state index is 1.13. The van der Waals surface area contributed by atoms with Crippen LogP contribution in [0.4, 0.5) is 0 Å². The fraction of sp³-hybridized carbons (Fsp3) is 0. The SMILES string of the molecule is c1ccc(-n2c3ccccc3c3ccc(-n4c5ccccc5c5c6cc(-c7ccc8sc9ccccc9c8c7)ccc6n(-c6ccccc6)c54)cc32)cc1. The van der Waals surface area contributed by atoms with Gasteiger partial charge in [0.15, 0.2) is 0 Å². The van der Waals surface area contributed by atoms with E-state index in [0.717, 1.165) is 22.7 Å². The molecule has 0 saturated carbocycles. The van der Waals surface area contributed by atoms with Gasteiger partial charge in [0.25, 0.3) is 0 Å². The Bertz CT molecular complexity index is 3430. The number of para-hydroxylation sites is 4. The normalized spacial score (nSPS) is 12.1. The molecule has 4 aromatic heterocycles. The molecule has 8 aromatic carbocycles. The molecule has 0 radical (unpaired) electrons. The molecule has 3 nitrogen and oxygen atoms in total. The zero-order valence-corrected chi connectivity index (χ0v) is 30.0. The van der Waals surface area contributed by atoms with Crippen LogP contribution in [0.1, 0.15) is 0 Å². The summed E-state index contributed by atoms with van der Waals surface area (Å²) < 4.78 is 10.00. The standard InChI is InChI=1S/C50H31N3S/c1-3-13-34(14-4-1)51-43-20-10-7-17-37(43)38-26-25-36(31-46(38)51)53-44-21-11-8-19-40(44)49-42-30-32(23-27-45(42)52(50(49)53)35-15-5-2-6-16-35)33-24-28-48-41(29-33)39-18-9-12-22-47(39)54-48/h1-31H. The van der Waals surface area contributed by atoms with Crippen molar-refractivity contribution in [1.82, 2.24) is 13.7 Å². The number of thiophene rings is 1. The molecular formula is C50H31N3S. The summed E-state index contributed by atoms with van der Waals surface area (Å²) >= 11 is 1.87. The third-order valence-corrected chi connectivity index (χ3v) is 12.4. The summed E-state index contributed by atoms with van der Waals surface area (Å²) in [5.74, 6) is 0. The van der Waals surface area contributed by atoms with Crippen LogP contribution in [0.2, 0.25) is 0 Å². The Morgan fingerprint density at radius 1 is 0.296 bits per heavy atom. The van der Waals surface area contributed by atoms with Crippen molar-refractivity contribution >= 4 is 86.2 Å². The van der Waals surface area contributed by atoms with Gasteiger partial charge in [-0.25, -0.2) is 0 Å². The highest BCUT2D eigenvalue weighted by molar-refractivity contribution is 7.25. The van der Waals surface area contributed by atoms with E-state index in [2.05, 4.69) is 202 Å². The second-order valence-corrected chi connectivity index (χ2v) is 15.2. The van der Waals surface area contributed by atoms with Crippen molar-refractivity contribution in [3.05, 3.63) is 188 Å². The molecule has 12 aromatic rings. The number of aromatic nitrogens is 3. The Balaban J connectivity index is 1.17. The van der Waals surface area contributed by atoms with E-state index in [0.29, 0.717) is 0 Å². The van der Waals surface area contributed by atoms with E-state index in [-0.39, 0.29) is 0 Å². The van der Waals surface area contributed by atoms with E-state index in [9.17, 15) is 0 Å². The molecule has 0 atom stereocenters. The predicted octanol–water partition coefficient (Wildman–Crippen LogP) is 13.9. The van der Waals surface area contributed by atoms with Gasteiger partial charge >= 0.3 is 0 Å². The summed E-state index contributed by atoms with van der Waals surface area (Å²) in [7, 11) is 0. The van der Waals surface area contributed by atoms with E-state index in [1.54, 1.807) is 0 Å². The van der Waals surface area contributed by atoms with Gasteiger partial charge in [-0.2, -0.15) is 0 Å². The average Bonchev–Trinajstić information content (AvgIpc) is 3.97. The third-order valence-electron chi connectivity index (χ3n) is 11.2. The van der Waals surface area contributed by atoms with Crippen molar-refractivity contribution < 1.29 is 0 Å². The summed E-state index contributed by atoms with van der Waals surface area (Å²) in [4.78, 5) is 0. The topological polar surface area (TPSA) is 14.8 Å². The van der Waals surface area contributed by atoms with Crippen molar-refractivity contribution in [3.63, 3.8) is 0 Å². The molecule has 252 valence electrons. The summed E-state index contributed by atoms with van der Waals surface area (Å²) in [5, 5.41) is 8.89. The second-order valence-electron chi connectivity index (χ2n) is 14.2. The zero-order chi connectivity index (χ0) is 35.3. The number of fused-ring (bicyclic) bond motifs is 11. The Morgan fingerprint density at radius 3 is 1.61 bits per heavy atom. The second kappa shape index (κ2) is 11.3. The lowest BCUT2D eigenvalue weighted by atomic mass is 10.0. The molecule has 0 aliphatic heterocycles. The van der Waals surface area contributed by atoms with Gasteiger partial charge in [0.2, 0.25) is 0 Å². The molecule has 0 unspecified atom stereocenters.